The molecule has 0 amide bonds. The number of carbonyl (C=O) groups excluding carboxylic acids is 1. The molecule has 0 bridgehead atoms. The van der Waals surface area contributed by atoms with Gasteiger partial charge in [-0.1, -0.05) is 19.1 Å². The minimum Gasteiger partial charge on any atom is -0.479 e. The van der Waals surface area contributed by atoms with Crippen LogP contribution >= 0.6 is 12.2 Å². The summed E-state index contributed by atoms with van der Waals surface area (Å²) in [6.07, 6.45) is 0.908. The van der Waals surface area contributed by atoms with Gasteiger partial charge in [-0.25, -0.2) is 4.79 Å². The van der Waals surface area contributed by atoms with Crippen LogP contribution in [0.5, 0.6) is 5.75 Å². The Balaban J connectivity index is 2.39. The lowest BCUT2D eigenvalue weighted by molar-refractivity contribution is -0.139. The maximum Gasteiger partial charge on any atom is 0.338 e. The van der Waals surface area contributed by atoms with Crippen LogP contribution in [0.4, 0.5) is 0 Å². The van der Waals surface area contributed by atoms with Crippen molar-refractivity contribution < 1.29 is 14.3 Å². The molecule has 0 aromatic heterocycles. The van der Waals surface area contributed by atoms with E-state index in [0.717, 1.165) is 24.2 Å². The highest BCUT2D eigenvalue weighted by molar-refractivity contribution is 7.80. The molecule has 0 saturated heterocycles. The number of nitriles is 1. The minimum atomic E-state index is -0.389. The molecule has 6 nitrogen and oxygen atoms in total. The van der Waals surface area contributed by atoms with Gasteiger partial charge in [-0.05, 0) is 50.2 Å². The van der Waals surface area contributed by atoms with Crippen LogP contribution in [0.25, 0.3) is 0 Å². The second-order valence-corrected chi connectivity index (χ2v) is 6.16. The monoisotopic (exact) mass is 373 g/mol. The first-order valence-corrected chi connectivity index (χ1v) is 8.99. The predicted octanol–water partition coefficient (Wildman–Crippen LogP) is 3.07. The van der Waals surface area contributed by atoms with E-state index in [1.54, 1.807) is 19.1 Å². The molecule has 2 rings (SSSR count). The third kappa shape index (κ3) is 4.33. The van der Waals surface area contributed by atoms with E-state index in [0.29, 0.717) is 23.0 Å². The summed E-state index contributed by atoms with van der Waals surface area (Å²) in [6, 6.07) is 8.80. The summed E-state index contributed by atoms with van der Waals surface area (Å²) in [5, 5.41) is 12.4. The number of esters is 1. The van der Waals surface area contributed by atoms with E-state index in [2.05, 4.69) is 12.2 Å². The number of allylic oxidation sites excluding steroid dienone is 1. The average Bonchev–Trinajstić information content (AvgIpc) is 2.63. The van der Waals surface area contributed by atoms with Gasteiger partial charge in [0.2, 0.25) is 0 Å². The first-order valence-electron chi connectivity index (χ1n) is 8.59. The number of rotatable bonds is 7. The smallest absolute Gasteiger partial charge is 0.338 e. The molecule has 0 radical (unpaired) electrons. The highest BCUT2D eigenvalue weighted by Gasteiger charge is 2.34. The molecule has 1 aliphatic heterocycles. The van der Waals surface area contributed by atoms with Gasteiger partial charge in [-0.2, -0.15) is 5.26 Å². The zero-order chi connectivity index (χ0) is 19.1. The van der Waals surface area contributed by atoms with Crippen molar-refractivity contribution >= 4 is 23.3 Å². The van der Waals surface area contributed by atoms with Gasteiger partial charge in [-0.3, -0.25) is 0 Å². The Kier molecular flexibility index (Phi) is 6.98. The van der Waals surface area contributed by atoms with Crippen LogP contribution in [0.3, 0.4) is 0 Å². The normalized spacial score (nSPS) is 16.8. The highest BCUT2D eigenvalue weighted by atomic mass is 32.1. The molecule has 1 aliphatic rings. The molecule has 138 valence electrons. The quantitative estimate of drug-likeness (QED) is 0.581. The van der Waals surface area contributed by atoms with Gasteiger partial charge >= 0.3 is 5.97 Å². The number of nitrogens with zero attached hydrogens (tertiary/aromatic N) is 2. The third-order valence-corrected chi connectivity index (χ3v) is 4.39. The number of carbonyl (C=O) groups is 1. The fourth-order valence-corrected chi connectivity index (χ4v) is 3.22. The number of hydrogen-bond donors (Lipinski definition) is 1. The molecule has 7 heteroatoms. The van der Waals surface area contributed by atoms with Crippen molar-refractivity contribution in [2.75, 3.05) is 19.8 Å². The molecular weight excluding hydrogens is 350 g/mol. The summed E-state index contributed by atoms with van der Waals surface area (Å²) in [5.41, 5.74) is 2.23. The van der Waals surface area contributed by atoms with Gasteiger partial charge in [0.25, 0.3) is 0 Å². The van der Waals surface area contributed by atoms with Gasteiger partial charge in [0, 0.05) is 12.2 Å². The fourth-order valence-electron chi connectivity index (χ4n) is 2.87. The molecule has 1 N–H and O–H groups in total. The highest BCUT2D eigenvalue weighted by Crippen LogP contribution is 2.32. The van der Waals surface area contributed by atoms with Crippen LogP contribution in [0.15, 0.2) is 35.5 Å². The van der Waals surface area contributed by atoms with Gasteiger partial charge in [-0.15, -0.1) is 0 Å². The van der Waals surface area contributed by atoms with E-state index in [9.17, 15) is 4.79 Å². The summed E-state index contributed by atoms with van der Waals surface area (Å²) < 4.78 is 10.6. The SMILES string of the molecule is CCCN1C(=S)N[C@@H](c2ccc(OCC#N)cc2)C(C(=O)OCC)=C1C. The number of hydrogen-bond acceptors (Lipinski definition) is 5. The van der Waals surface area contributed by atoms with Gasteiger partial charge in [0.1, 0.15) is 11.8 Å². The Hall–Kier alpha value is -2.59. The zero-order valence-corrected chi connectivity index (χ0v) is 16.1. The van der Waals surface area contributed by atoms with Crippen LogP contribution in [0.1, 0.15) is 38.8 Å². The van der Waals surface area contributed by atoms with Crippen LogP contribution in [-0.4, -0.2) is 35.7 Å². The van der Waals surface area contributed by atoms with Crippen molar-refractivity contribution in [2.24, 2.45) is 0 Å². The van der Waals surface area contributed by atoms with E-state index in [4.69, 9.17) is 27.0 Å². The molecule has 1 aromatic carbocycles. The fraction of sp³-hybridized carbons (Fsp3) is 0.421. The predicted molar refractivity (Wildman–Crippen MR) is 102 cm³/mol. The van der Waals surface area contributed by atoms with Crippen molar-refractivity contribution in [1.29, 1.82) is 5.26 Å². The van der Waals surface area contributed by atoms with Gasteiger partial charge < -0.3 is 19.7 Å². The molecule has 1 heterocycles. The van der Waals surface area contributed by atoms with Gasteiger partial charge in [0.05, 0.1) is 18.2 Å². The summed E-state index contributed by atoms with van der Waals surface area (Å²) in [6.45, 7) is 6.77. The molecule has 0 fully saturated rings. The lowest BCUT2D eigenvalue weighted by atomic mass is 9.95. The molecule has 0 unspecified atom stereocenters. The lowest BCUT2D eigenvalue weighted by Gasteiger charge is -2.37. The molecule has 1 aromatic rings. The third-order valence-electron chi connectivity index (χ3n) is 4.06. The van der Waals surface area contributed by atoms with Crippen LogP contribution in [0.2, 0.25) is 0 Å². The Morgan fingerprint density at radius 1 is 1.35 bits per heavy atom. The Morgan fingerprint density at radius 3 is 2.62 bits per heavy atom. The zero-order valence-electron chi connectivity index (χ0n) is 15.2. The number of nitrogens with one attached hydrogen (secondary N) is 1. The molecule has 26 heavy (non-hydrogen) atoms. The number of ether oxygens (including phenoxy) is 2. The number of thiocarbonyl (C=S) groups is 1. The standard InChI is InChI=1S/C19H23N3O3S/c1-4-11-22-13(3)16(18(23)24-5-2)17(21-19(22)26)14-6-8-15(9-7-14)25-12-10-20/h6-9,17H,4-5,11-12H2,1-3H3,(H,21,26)/t17-/m0/s1. The second kappa shape index (κ2) is 9.20. The molecule has 0 spiro atoms. The van der Waals surface area contributed by atoms with E-state index >= 15 is 0 Å². The topological polar surface area (TPSA) is 74.6 Å². The minimum absolute atomic E-state index is 0.00975. The van der Waals surface area contributed by atoms with E-state index in [-0.39, 0.29) is 18.6 Å². The van der Waals surface area contributed by atoms with E-state index in [1.807, 2.05) is 30.0 Å². The summed E-state index contributed by atoms with van der Waals surface area (Å²) in [4.78, 5) is 14.5. The first-order chi connectivity index (χ1) is 12.5. The second-order valence-electron chi connectivity index (χ2n) is 5.77. The molecule has 0 saturated carbocycles. The van der Waals surface area contributed by atoms with E-state index < -0.39 is 0 Å². The maximum atomic E-state index is 12.6. The van der Waals surface area contributed by atoms with Crippen molar-refractivity contribution in [3.8, 4) is 11.8 Å². The first kappa shape index (κ1) is 19.7. The Morgan fingerprint density at radius 2 is 2.04 bits per heavy atom. The molecule has 0 aliphatic carbocycles. The van der Waals surface area contributed by atoms with E-state index in [1.165, 1.54) is 0 Å². The van der Waals surface area contributed by atoms with Crippen LogP contribution < -0.4 is 10.1 Å². The van der Waals surface area contributed by atoms with Crippen LogP contribution in [-0.2, 0) is 9.53 Å². The Bertz CT molecular complexity index is 737. The summed E-state index contributed by atoms with van der Waals surface area (Å²) in [5.74, 6) is 0.246. The van der Waals surface area contributed by atoms with Crippen molar-refractivity contribution in [3.63, 3.8) is 0 Å². The largest absolute Gasteiger partial charge is 0.479 e. The Labute approximate surface area is 159 Å². The molecular formula is C19H23N3O3S. The summed E-state index contributed by atoms with van der Waals surface area (Å²) >= 11 is 5.50. The van der Waals surface area contributed by atoms with Crippen molar-refractivity contribution in [1.82, 2.24) is 10.2 Å². The average molecular weight is 373 g/mol. The molecule has 1 atom stereocenters. The van der Waals surface area contributed by atoms with Crippen LogP contribution in [0, 0.1) is 11.3 Å². The number of benzene rings is 1. The lowest BCUT2D eigenvalue weighted by Crippen LogP contribution is -2.48. The van der Waals surface area contributed by atoms with Gasteiger partial charge in [0.15, 0.2) is 11.7 Å². The van der Waals surface area contributed by atoms with Crippen molar-refractivity contribution in [2.45, 2.75) is 33.2 Å². The van der Waals surface area contributed by atoms with Crippen molar-refractivity contribution in [3.05, 3.63) is 41.1 Å². The maximum absolute atomic E-state index is 12.6. The summed E-state index contributed by atoms with van der Waals surface area (Å²) in [7, 11) is 0.